The number of hydrogen-bond acceptors (Lipinski definition) is 6. The predicted molar refractivity (Wildman–Crippen MR) is 214 cm³/mol. The zero-order chi connectivity index (χ0) is 37.1. The molecular weight excluding hydrogens is 622 g/mol. The first-order chi connectivity index (χ1) is 24.2. The third kappa shape index (κ3) is 26.4. The maximum absolute atomic E-state index is 13.4. The number of carbonyl (C=O) groups excluding carboxylic acids is 2. The number of aliphatic hydroxyl groups excluding tert-OH is 2. The first-order valence-electron chi connectivity index (χ1n) is 21.3. The van der Waals surface area contributed by atoms with Gasteiger partial charge in [0.1, 0.15) is 6.10 Å². The minimum atomic E-state index is -2.54. The fourth-order valence-electron chi connectivity index (χ4n) is 6.63. The number of allylic oxidation sites excluding steroid dienone is 4. The Morgan fingerprint density at radius 2 is 0.840 bits per heavy atom. The zero-order valence-electron chi connectivity index (χ0n) is 33.5. The Balaban J connectivity index is 4.55. The number of aliphatic hydroxyl groups is 3. The zero-order valence-corrected chi connectivity index (χ0v) is 33.5. The van der Waals surface area contributed by atoms with Crippen molar-refractivity contribution in [2.45, 2.75) is 224 Å². The van der Waals surface area contributed by atoms with Crippen molar-refractivity contribution in [3.05, 3.63) is 24.3 Å². The Labute approximate surface area is 310 Å². The maximum atomic E-state index is 13.4. The van der Waals surface area contributed by atoms with Gasteiger partial charge in [-0.05, 0) is 97.7 Å². The van der Waals surface area contributed by atoms with Crippen LogP contribution in [0.2, 0.25) is 0 Å². The van der Waals surface area contributed by atoms with Crippen molar-refractivity contribution in [1.29, 1.82) is 0 Å². The van der Waals surface area contributed by atoms with Crippen molar-refractivity contribution in [1.82, 2.24) is 4.90 Å². The number of rotatable bonds is 38. The molecule has 0 bridgehead atoms. The van der Waals surface area contributed by atoms with E-state index in [2.05, 4.69) is 38.2 Å². The van der Waals surface area contributed by atoms with Crippen LogP contribution in [0.4, 0.5) is 0 Å². The van der Waals surface area contributed by atoms with Crippen molar-refractivity contribution >= 4 is 11.6 Å². The SMILES string of the molecule is CCCCCCCC/C=C\CCCCCCCC(=O)C(O)(C(=O)CCCCCCC/C=C\CCCCCCCC)C(O)C(O)CCCN(C)C. The van der Waals surface area contributed by atoms with E-state index in [0.717, 1.165) is 64.2 Å². The van der Waals surface area contributed by atoms with Gasteiger partial charge in [-0.25, -0.2) is 0 Å². The molecule has 3 N–H and O–H groups in total. The monoisotopic (exact) mass is 706 g/mol. The van der Waals surface area contributed by atoms with Gasteiger partial charge in [0.25, 0.3) is 0 Å². The Hall–Kier alpha value is -1.34. The van der Waals surface area contributed by atoms with E-state index in [9.17, 15) is 24.9 Å². The third-order valence-corrected chi connectivity index (χ3v) is 10.1. The molecule has 0 spiro atoms. The number of unbranched alkanes of at least 4 members (excludes halogenated alkanes) is 22. The smallest absolute Gasteiger partial charge is 0.209 e. The fourth-order valence-corrected chi connectivity index (χ4v) is 6.63. The van der Waals surface area contributed by atoms with Gasteiger partial charge >= 0.3 is 0 Å². The standard InChI is InChI=1S/C44H83NO5/c1-5-7-9-11-13-15-17-19-21-23-25-27-29-31-33-37-41(47)44(50,43(49)40(46)36-35-39-45(3)4)42(48)38-34-32-30-28-26-24-22-20-18-16-14-12-10-8-6-2/h19-22,40,43,46,49-50H,5-18,23-39H2,1-4H3/b21-19-,22-20-. The molecule has 0 rings (SSSR count). The van der Waals surface area contributed by atoms with Gasteiger partial charge in [0.15, 0.2) is 11.6 Å². The lowest BCUT2D eigenvalue weighted by molar-refractivity contribution is -0.173. The van der Waals surface area contributed by atoms with Gasteiger partial charge in [-0.1, -0.05) is 141 Å². The van der Waals surface area contributed by atoms with E-state index in [1.807, 2.05) is 19.0 Å². The highest BCUT2D eigenvalue weighted by atomic mass is 16.4. The minimum absolute atomic E-state index is 0.0360. The molecule has 2 atom stereocenters. The van der Waals surface area contributed by atoms with Crippen LogP contribution in [0, 0.1) is 0 Å². The molecule has 0 aromatic carbocycles. The van der Waals surface area contributed by atoms with Crippen LogP contribution in [0.3, 0.4) is 0 Å². The van der Waals surface area contributed by atoms with E-state index in [0.29, 0.717) is 25.8 Å². The molecule has 0 saturated heterocycles. The van der Waals surface area contributed by atoms with E-state index < -0.39 is 29.4 Å². The lowest BCUT2D eigenvalue weighted by Crippen LogP contribution is -2.60. The molecule has 294 valence electrons. The topological polar surface area (TPSA) is 98.1 Å². The lowest BCUT2D eigenvalue weighted by atomic mass is 9.79. The van der Waals surface area contributed by atoms with Crippen LogP contribution in [-0.2, 0) is 9.59 Å². The summed E-state index contributed by atoms with van der Waals surface area (Å²) in [5, 5.41) is 33.2. The number of Topliss-reactive ketones (excluding diaryl/α,β-unsaturated/α-hetero) is 2. The quantitative estimate of drug-likeness (QED) is 0.0336. The van der Waals surface area contributed by atoms with Gasteiger partial charge in [0.05, 0.1) is 6.10 Å². The van der Waals surface area contributed by atoms with Crippen molar-refractivity contribution in [3.63, 3.8) is 0 Å². The van der Waals surface area contributed by atoms with Gasteiger partial charge in [-0.3, -0.25) is 9.59 Å². The summed E-state index contributed by atoms with van der Waals surface area (Å²) < 4.78 is 0. The number of nitrogens with zero attached hydrogens (tertiary/aromatic N) is 1. The first-order valence-corrected chi connectivity index (χ1v) is 21.3. The summed E-state index contributed by atoms with van der Waals surface area (Å²) >= 11 is 0. The molecule has 6 heteroatoms. The normalized spacial score (nSPS) is 13.6. The summed E-state index contributed by atoms with van der Waals surface area (Å²) in [6, 6.07) is 0. The van der Waals surface area contributed by atoms with E-state index in [-0.39, 0.29) is 19.3 Å². The van der Waals surface area contributed by atoms with Crippen LogP contribution in [0.15, 0.2) is 24.3 Å². The van der Waals surface area contributed by atoms with Gasteiger partial charge in [0.2, 0.25) is 5.60 Å². The van der Waals surface area contributed by atoms with Crippen LogP contribution in [0.1, 0.15) is 206 Å². The van der Waals surface area contributed by atoms with Gasteiger partial charge in [-0.15, -0.1) is 0 Å². The van der Waals surface area contributed by atoms with Crippen LogP contribution >= 0.6 is 0 Å². The van der Waals surface area contributed by atoms with E-state index in [4.69, 9.17) is 0 Å². The molecule has 0 amide bonds. The molecular formula is C44H83NO5. The second kappa shape index (κ2) is 34.7. The number of hydrogen-bond donors (Lipinski definition) is 3. The molecule has 0 aliphatic rings. The Morgan fingerprint density at radius 1 is 0.520 bits per heavy atom. The summed E-state index contributed by atoms with van der Waals surface area (Å²) in [5.74, 6) is -1.29. The second-order valence-corrected chi connectivity index (χ2v) is 15.2. The molecule has 0 aliphatic heterocycles. The molecule has 2 unspecified atom stereocenters. The van der Waals surface area contributed by atoms with Gasteiger partial charge in [0, 0.05) is 12.8 Å². The van der Waals surface area contributed by atoms with Crippen molar-refractivity contribution in [2.24, 2.45) is 0 Å². The molecule has 6 nitrogen and oxygen atoms in total. The molecule has 0 saturated carbocycles. The van der Waals surface area contributed by atoms with E-state index >= 15 is 0 Å². The van der Waals surface area contributed by atoms with Gasteiger partial charge < -0.3 is 20.2 Å². The molecule has 0 fully saturated rings. The van der Waals surface area contributed by atoms with Crippen LogP contribution in [-0.4, -0.2) is 70.2 Å². The molecule has 0 aromatic rings. The molecule has 0 heterocycles. The van der Waals surface area contributed by atoms with Crippen LogP contribution < -0.4 is 0 Å². The van der Waals surface area contributed by atoms with Crippen LogP contribution in [0.25, 0.3) is 0 Å². The van der Waals surface area contributed by atoms with Crippen molar-refractivity contribution in [2.75, 3.05) is 20.6 Å². The summed E-state index contributed by atoms with van der Waals surface area (Å²) in [4.78, 5) is 28.7. The summed E-state index contributed by atoms with van der Waals surface area (Å²) in [6.07, 6.45) is 36.6. The average Bonchev–Trinajstić information content (AvgIpc) is 3.10. The Kier molecular flexibility index (Phi) is 33.8. The minimum Gasteiger partial charge on any atom is -0.390 e. The Bertz CT molecular complexity index is 786. The predicted octanol–water partition coefficient (Wildman–Crippen LogP) is 11.0. The molecule has 50 heavy (non-hydrogen) atoms. The fraction of sp³-hybridized carbons (Fsp3) is 0.864. The highest BCUT2D eigenvalue weighted by Crippen LogP contribution is 2.25. The molecule has 0 radical (unpaired) electrons. The van der Waals surface area contributed by atoms with Crippen LogP contribution in [0.5, 0.6) is 0 Å². The van der Waals surface area contributed by atoms with E-state index in [1.54, 1.807) is 0 Å². The second-order valence-electron chi connectivity index (χ2n) is 15.2. The lowest BCUT2D eigenvalue weighted by Gasteiger charge is -2.33. The average molecular weight is 706 g/mol. The van der Waals surface area contributed by atoms with Crippen molar-refractivity contribution in [3.8, 4) is 0 Å². The summed E-state index contributed by atoms with van der Waals surface area (Å²) in [6.45, 7) is 5.20. The third-order valence-electron chi connectivity index (χ3n) is 10.1. The number of ketones is 2. The number of carbonyl (C=O) groups is 2. The van der Waals surface area contributed by atoms with E-state index in [1.165, 1.54) is 89.9 Å². The largest absolute Gasteiger partial charge is 0.390 e. The summed E-state index contributed by atoms with van der Waals surface area (Å²) in [7, 11) is 3.85. The molecule has 0 aliphatic carbocycles. The summed E-state index contributed by atoms with van der Waals surface area (Å²) in [5.41, 5.74) is -2.54. The van der Waals surface area contributed by atoms with Crippen molar-refractivity contribution < 1.29 is 24.9 Å². The Morgan fingerprint density at radius 3 is 1.18 bits per heavy atom. The maximum Gasteiger partial charge on any atom is 0.209 e. The highest BCUT2D eigenvalue weighted by Gasteiger charge is 2.51. The highest BCUT2D eigenvalue weighted by molar-refractivity contribution is 6.10. The van der Waals surface area contributed by atoms with Gasteiger partial charge in [-0.2, -0.15) is 0 Å². The molecule has 0 aromatic heterocycles. The first kappa shape index (κ1) is 48.7.